The van der Waals surface area contributed by atoms with Crippen LogP contribution in [-0.4, -0.2) is 76.0 Å². The number of nitro groups is 1. The minimum absolute atomic E-state index is 0.0567. The molecule has 1 saturated heterocycles. The third-order valence-electron chi connectivity index (χ3n) is 6.05. The van der Waals surface area contributed by atoms with Crippen LogP contribution >= 0.6 is 0 Å². The molecule has 1 aliphatic heterocycles. The SMILES string of the molecule is CCN(CC)S(=O)(=O)c1ccc(N2CCN(Cc3ccc(OC)c(OC)c3)CC2)c([N+](=O)[O-])c1. The lowest BCUT2D eigenvalue weighted by Gasteiger charge is -2.36. The summed E-state index contributed by atoms with van der Waals surface area (Å²) in [7, 11) is -0.574. The van der Waals surface area contributed by atoms with Gasteiger partial charge in [0.1, 0.15) is 5.69 Å². The minimum atomic E-state index is -3.78. The maximum absolute atomic E-state index is 12.8. The fourth-order valence-corrected chi connectivity index (χ4v) is 5.65. The summed E-state index contributed by atoms with van der Waals surface area (Å²) in [5.74, 6) is 1.35. The highest BCUT2D eigenvalue weighted by Gasteiger charge is 2.29. The number of hydrogen-bond donors (Lipinski definition) is 0. The summed E-state index contributed by atoms with van der Waals surface area (Å²) in [5.41, 5.74) is 1.33. The Bertz CT molecular complexity index is 1110. The molecule has 0 radical (unpaired) electrons. The van der Waals surface area contributed by atoms with Gasteiger partial charge in [0.25, 0.3) is 5.69 Å². The van der Waals surface area contributed by atoms with Crippen molar-refractivity contribution >= 4 is 21.4 Å². The van der Waals surface area contributed by atoms with Crippen LogP contribution < -0.4 is 14.4 Å². The Morgan fingerprint density at radius 1 is 0.971 bits per heavy atom. The number of sulfonamides is 1. The summed E-state index contributed by atoms with van der Waals surface area (Å²) in [6.45, 7) is 7.42. The van der Waals surface area contributed by atoms with Gasteiger partial charge in [0.15, 0.2) is 11.5 Å². The smallest absolute Gasteiger partial charge is 0.293 e. The molecular weight excluding hydrogens is 460 g/mol. The highest BCUT2D eigenvalue weighted by molar-refractivity contribution is 7.89. The Morgan fingerprint density at radius 3 is 2.18 bits per heavy atom. The lowest BCUT2D eigenvalue weighted by Crippen LogP contribution is -2.46. The molecule has 2 aromatic carbocycles. The zero-order valence-corrected chi connectivity index (χ0v) is 20.9. The Balaban J connectivity index is 1.74. The van der Waals surface area contributed by atoms with E-state index in [-0.39, 0.29) is 10.6 Å². The molecule has 10 nitrogen and oxygen atoms in total. The first kappa shape index (κ1) is 25.7. The number of nitrogens with zero attached hydrogens (tertiary/aromatic N) is 4. The normalized spacial score (nSPS) is 14.9. The first-order valence-electron chi connectivity index (χ1n) is 11.2. The fourth-order valence-electron chi connectivity index (χ4n) is 4.17. The van der Waals surface area contributed by atoms with Gasteiger partial charge in [-0.15, -0.1) is 0 Å². The molecule has 34 heavy (non-hydrogen) atoms. The largest absolute Gasteiger partial charge is 0.493 e. The lowest BCUT2D eigenvalue weighted by atomic mass is 10.1. The summed E-state index contributed by atoms with van der Waals surface area (Å²) < 4.78 is 37.6. The van der Waals surface area contributed by atoms with Crippen molar-refractivity contribution < 1.29 is 22.8 Å². The predicted octanol–water partition coefficient (Wildman–Crippen LogP) is 2.96. The molecule has 0 unspecified atom stereocenters. The molecule has 0 bridgehead atoms. The number of nitro benzene ring substituents is 1. The summed E-state index contributed by atoms with van der Waals surface area (Å²) >= 11 is 0. The number of piperazine rings is 1. The van der Waals surface area contributed by atoms with Crippen LogP contribution in [0.4, 0.5) is 11.4 Å². The van der Waals surface area contributed by atoms with E-state index in [9.17, 15) is 18.5 Å². The van der Waals surface area contributed by atoms with Crippen molar-refractivity contribution in [3.05, 3.63) is 52.1 Å². The molecule has 2 aromatic rings. The van der Waals surface area contributed by atoms with Crippen LogP contribution in [0.15, 0.2) is 41.3 Å². The third kappa shape index (κ3) is 5.43. The molecule has 0 N–H and O–H groups in total. The van der Waals surface area contributed by atoms with Crippen molar-refractivity contribution in [1.29, 1.82) is 0 Å². The fraction of sp³-hybridized carbons (Fsp3) is 0.478. The Kier molecular flexibility index (Phi) is 8.34. The van der Waals surface area contributed by atoms with Crippen LogP contribution in [0.5, 0.6) is 11.5 Å². The number of ether oxygens (including phenoxy) is 2. The van der Waals surface area contributed by atoms with E-state index in [2.05, 4.69) is 4.90 Å². The van der Waals surface area contributed by atoms with E-state index in [1.54, 1.807) is 34.1 Å². The third-order valence-corrected chi connectivity index (χ3v) is 8.10. The maximum atomic E-state index is 12.8. The molecule has 0 spiro atoms. The zero-order valence-electron chi connectivity index (χ0n) is 20.1. The number of hydrogen-bond acceptors (Lipinski definition) is 8. The van der Waals surface area contributed by atoms with Gasteiger partial charge in [-0.1, -0.05) is 19.9 Å². The van der Waals surface area contributed by atoms with Gasteiger partial charge in [-0.05, 0) is 29.8 Å². The van der Waals surface area contributed by atoms with Crippen LogP contribution in [0, 0.1) is 10.1 Å². The molecule has 11 heteroatoms. The van der Waals surface area contributed by atoms with Crippen molar-refractivity contribution in [3.63, 3.8) is 0 Å². The van der Waals surface area contributed by atoms with Gasteiger partial charge < -0.3 is 14.4 Å². The van der Waals surface area contributed by atoms with E-state index in [4.69, 9.17) is 9.47 Å². The van der Waals surface area contributed by atoms with Gasteiger partial charge in [-0.25, -0.2) is 8.42 Å². The van der Waals surface area contributed by atoms with Gasteiger partial charge in [0.05, 0.1) is 24.0 Å². The van der Waals surface area contributed by atoms with Crippen molar-refractivity contribution in [2.45, 2.75) is 25.3 Å². The highest BCUT2D eigenvalue weighted by Crippen LogP contribution is 2.33. The van der Waals surface area contributed by atoms with Gasteiger partial charge in [0.2, 0.25) is 10.0 Å². The second-order valence-corrected chi connectivity index (χ2v) is 9.89. The molecule has 1 heterocycles. The Labute approximate surface area is 200 Å². The van der Waals surface area contributed by atoms with E-state index in [1.807, 2.05) is 23.1 Å². The number of benzene rings is 2. The number of methoxy groups -OCH3 is 2. The topological polar surface area (TPSA) is 105 Å². The van der Waals surface area contributed by atoms with E-state index in [1.165, 1.54) is 16.4 Å². The molecule has 1 fully saturated rings. The molecule has 0 aromatic heterocycles. The monoisotopic (exact) mass is 492 g/mol. The summed E-state index contributed by atoms with van der Waals surface area (Å²) in [6.07, 6.45) is 0. The minimum Gasteiger partial charge on any atom is -0.493 e. The lowest BCUT2D eigenvalue weighted by molar-refractivity contribution is -0.384. The molecule has 0 saturated carbocycles. The van der Waals surface area contributed by atoms with Crippen molar-refractivity contribution in [2.24, 2.45) is 0 Å². The predicted molar refractivity (Wildman–Crippen MR) is 130 cm³/mol. The van der Waals surface area contributed by atoms with Gasteiger partial charge in [-0.2, -0.15) is 4.31 Å². The summed E-state index contributed by atoms with van der Waals surface area (Å²) in [5, 5.41) is 11.8. The molecule has 0 atom stereocenters. The van der Waals surface area contributed by atoms with Crippen LogP contribution in [-0.2, 0) is 16.6 Å². The molecule has 0 amide bonds. The van der Waals surface area contributed by atoms with Crippen LogP contribution in [0.3, 0.4) is 0 Å². The Morgan fingerprint density at radius 2 is 1.62 bits per heavy atom. The van der Waals surface area contributed by atoms with Crippen molar-refractivity contribution in [2.75, 3.05) is 58.4 Å². The molecule has 3 rings (SSSR count). The first-order valence-corrected chi connectivity index (χ1v) is 12.7. The van der Waals surface area contributed by atoms with E-state index >= 15 is 0 Å². The van der Waals surface area contributed by atoms with Crippen molar-refractivity contribution in [1.82, 2.24) is 9.21 Å². The maximum Gasteiger partial charge on any atom is 0.293 e. The van der Waals surface area contributed by atoms with Crippen molar-refractivity contribution in [3.8, 4) is 11.5 Å². The molecule has 1 aliphatic rings. The number of rotatable bonds is 10. The first-order chi connectivity index (χ1) is 16.2. The molecule has 186 valence electrons. The average Bonchev–Trinajstić information content (AvgIpc) is 2.84. The second-order valence-electron chi connectivity index (χ2n) is 7.95. The van der Waals surface area contributed by atoms with Crippen LogP contribution in [0.1, 0.15) is 19.4 Å². The standard InChI is InChI=1S/C23H32N4O6S/c1-5-26(6-2)34(30,31)19-8-9-20(21(16-19)27(28)29)25-13-11-24(12-14-25)17-18-7-10-22(32-3)23(15-18)33-4/h7-10,15-16H,5-6,11-14,17H2,1-4H3. The van der Waals surface area contributed by atoms with Crippen LogP contribution in [0.25, 0.3) is 0 Å². The van der Waals surface area contributed by atoms with E-state index < -0.39 is 14.9 Å². The molecule has 0 aliphatic carbocycles. The zero-order chi connectivity index (χ0) is 24.9. The molecular formula is C23H32N4O6S. The van der Waals surface area contributed by atoms with Gasteiger partial charge >= 0.3 is 0 Å². The van der Waals surface area contributed by atoms with Gasteiger partial charge in [0, 0.05) is 51.9 Å². The van der Waals surface area contributed by atoms with E-state index in [0.717, 1.165) is 12.1 Å². The summed E-state index contributed by atoms with van der Waals surface area (Å²) in [4.78, 5) is 15.5. The quantitative estimate of drug-likeness (QED) is 0.368. The second kappa shape index (κ2) is 11.0. The van der Waals surface area contributed by atoms with Crippen LogP contribution in [0.2, 0.25) is 0 Å². The highest BCUT2D eigenvalue weighted by atomic mass is 32.2. The Hall–Kier alpha value is -2.89. The number of anilines is 1. The van der Waals surface area contributed by atoms with E-state index in [0.29, 0.717) is 56.5 Å². The summed E-state index contributed by atoms with van der Waals surface area (Å²) in [6, 6.07) is 10.0. The average molecular weight is 493 g/mol. The van der Waals surface area contributed by atoms with Gasteiger partial charge in [-0.3, -0.25) is 15.0 Å².